The zero-order chi connectivity index (χ0) is 18.8. The van der Waals surface area contributed by atoms with Crippen molar-refractivity contribution in [2.75, 3.05) is 32.7 Å². The summed E-state index contributed by atoms with van der Waals surface area (Å²) in [7, 11) is 0. The van der Waals surface area contributed by atoms with Gasteiger partial charge in [-0.25, -0.2) is 9.59 Å². The predicted octanol–water partition coefficient (Wildman–Crippen LogP) is 2.22. The molecule has 2 amide bonds. The zero-order valence-corrected chi connectivity index (χ0v) is 15.7. The van der Waals surface area contributed by atoms with Crippen LogP contribution in [0.3, 0.4) is 0 Å². The molecule has 3 rings (SSSR count). The van der Waals surface area contributed by atoms with Gasteiger partial charge in [-0.1, -0.05) is 30.3 Å². The van der Waals surface area contributed by atoms with E-state index < -0.39 is 11.1 Å². The molecule has 7 heteroatoms. The maximum atomic E-state index is 12.6. The van der Waals surface area contributed by atoms with Crippen LogP contribution < -0.4 is 5.32 Å². The van der Waals surface area contributed by atoms with Gasteiger partial charge in [-0.2, -0.15) is 0 Å². The number of nitrogens with one attached hydrogen (secondary N) is 1. The van der Waals surface area contributed by atoms with E-state index in [4.69, 9.17) is 9.47 Å². The van der Waals surface area contributed by atoms with Crippen molar-refractivity contribution < 1.29 is 19.1 Å². The van der Waals surface area contributed by atoms with Crippen LogP contribution in [0.15, 0.2) is 30.3 Å². The Labute approximate surface area is 154 Å². The van der Waals surface area contributed by atoms with Crippen LogP contribution in [0.4, 0.5) is 9.59 Å². The third-order valence-electron chi connectivity index (χ3n) is 4.59. The van der Waals surface area contributed by atoms with Gasteiger partial charge in [0.2, 0.25) is 0 Å². The molecule has 2 fully saturated rings. The van der Waals surface area contributed by atoms with Gasteiger partial charge in [0.05, 0.1) is 18.6 Å². The minimum absolute atomic E-state index is 0.245. The van der Waals surface area contributed by atoms with Crippen LogP contribution in [0.2, 0.25) is 0 Å². The number of hydrogen-bond donors (Lipinski definition) is 1. The molecule has 0 aliphatic carbocycles. The summed E-state index contributed by atoms with van der Waals surface area (Å²) < 4.78 is 10.9. The van der Waals surface area contributed by atoms with E-state index in [0.717, 1.165) is 5.56 Å². The quantitative estimate of drug-likeness (QED) is 0.875. The summed E-state index contributed by atoms with van der Waals surface area (Å²) in [6.07, 6.45) is -0.675. The lowest BCUT2D eigenvalue weighted by Gasteiger charge is -2.56. The van der Waals surface area contributed by atoms with Crippen molar-refractivity contribution in [2.24, 2.45) is 0 Å². The van der Waals surface area contributed by atoms with E-state index in [-0.39, 0.29) is 18.8 Å². The molecule has 0 aromatic heterocycles. The highest BCUT2D eigenvalue weighted by molar-refractivity contribution is 5.73. The number of carbonyl (C=O) groups excluding carboxylic acids is 2. The largest absolute Gasteiger partial charge is 0.445 e. The van der Waals surface area contributed by atoms with Crippen molar-refractivity contribution in [1.82, 2.24) is 15.1 Å². The first kappa shape index (κ1) is 18.5. The van der Waals surface area contributed by atoms with E-state index in [1.807, 2.05) is 51.1 Å². The Kier molecular flexibility index (Phi) is 5.09. The number of likely N-dealkylation sites (tertiary alicyclic amines) is 1. The van der Waals surface area contributed by atoms with E-state index >= 15 is 0 Å². The Balaban J connectivity index is 1.58. The van der Waals surface area contributed by atoms with Gasteiger partial charge < -0.3 is 19.7 Å². The molecule has 1 N–H and O–H groups in total. The summed E-state index contributed by atoms with van der Waals surface area (Å²) in [5, 5.41) is 3.32. The second-order valence-corrected chi connectivity index (χ2v) is 7.93. The third kappa shape index (κ3) is 4.09. The smallest absolute Gasteiger partial charge is 0.410 e. The SMILES string of the molecule is CC(C)(C)OC(=O)N1CC2(CNCCN2C(=O)OCc2ccccc2)C1. The second-order valence-electron chi connectivity index (χ2n) is 7.93. The van der Waals surface area contributed by atoms with Crippen molar-refractivity contribution in [3.8, 4) is 0 Å². The molecule has 0 radical (unpaired) electrons. The summed E-state index contributed by atoms with van der Waals surface area (Å²) in [6, 6.07) is 9.61. The topological polar surface area (TPSA) is 71.1 Å². The second kappa shape index (κ2) is 7.15. The molecule has 0 saturated carbocycles. The van der Waals surface area contributed by atoms with E-state index in [9.17, 15) is 9.59 Å². The molecule has 2 saturated heterocycles. The number of nitrogens with zero attached hydrogens (tertiary/aromatic N) is 2. The van der Waals surface area contributed by atoms with Gasteiger partial charge in [0.1, 0.15) is 12.2 Å². The molecule has 2 heterocycles. The minimum atomic E-state index is -0.529. The molecule has 2 aliphatic heterocycles. The fraction of sp³-hybridized carbons (Fsp3) is 0.579. The average Bonchev–Trinajstić information content (AvgIpc) is 2.56. The molecule has 1 spiro atoms. The molecule has 142 valence electrons. The van der Waals surface area contributed by atoms with Gasteiger partial charge in [0.25, 0.3) is 0 Å². The van der Waals surface area contributed by atoms with Crippen molar-refractivity contribution in [3.63, 3.8) is 0 Å². The van der Waals surface area contributed by atoms with Gasteiger partial charge in [0, 0.05) is 19.6 Å². The lowest BCUT2D eigenvalue weighted by atomic mass is 9.86. The first-order valence-electron chi connectivity index (χ1n) is 8.96. The van der Waals surface area contributed by atoms with Gasteiger partial charge in [-0.3, -0.25) is 4.90 Å². The van der Waals surface area contributed by atoms with Crippen LogP contribution in [0, 0.1) is 0 Å². The lowest BCUT2D eigenvalue weighted by molar-refractivity contribution is -0.0688. The molecule has 0 unspecified atom stereocenters. The summed E-state index contributed by atoms with van der Waals surface area (Å²) in [6.45, 7) is 8.61. The number of hydrogen-bond acceptors (Lipinski definition) is 5. The van der Waals surface area contributed by atoms with Crippen molar-refractivity contribution in [2.45, 2.75) is 38.5 Å². The monoisotopic (exact) mass is 361 g/mol. The van der Waals surface area contributed by atoms with Crippen LogP contribution in [0.1, 0.15) is 26.3 Å². The highest BCUT2D eigenvalue weighted by Crippen LogP contribution is 2.31. The first-order chi connectivity index (χ1) is 12.3. The highest BCUT2D eigenvalue weighted by Gasteiger charge is 2.53. The lowest BCUT2D eigenvalue weighted by Crippen LogP contribution is -2.78. The maximum Gasteiger partial charge on any atom is 0.410 e. The van der Waals surface area contributed by atoms with Crippen LogP contribution in [0.5, 0.6) is 0 Å². The van der Waals surface area contributed by atoms with E-state index in [1.165, 1.54) is 0 Å². The van der Waals surface area contributed by atoms with Crippen molar-refractivity contribution in [3.05, 3.63) is 35.9 Å². The fourth-order valence-electron chi connectivity index (χ4n) is 3.33. The molecular weight excluding hydrogens is 334 g/mol. The Bertz CT molecular complexity index is 650. The molecule has 26 heavy (non-hydrogen) atoms. The third-order valence-corrected chi connectivity index (χ3v) is 4.59. The predicted molar refractivity (Wildman–Crippen MR) is 96.7 cm³/mol. The Morgan fingerprint density at radius 1 is 1.15 bits per heavy atom. The van der Waals surface area contributed by atoms with E-state index in [2.05, 4.69) is 5.32 Å². The van der Waals surface area contributed by atoms with Crippen LogP contribution in [-0.4, -0.2) is 65.9 Å². The standard InChI is InChI=1S/C19H27N3O4/c1-18(2,3)26-16(23)21-13-19(14-21)12-20-9-10-22(19)17(24)25-11-15-7-5-4-6-8-15/h4-8,20H,9-14H2,1-3H3. The number of benzene rings is 1. The van der Waals surface area contributed by atoms with Gasteiger partial charge in [-0.15, -0.1) is 0 Å². The van der Waals surface area contributed by atoms with Gasteiger partial charge >= 0.3 is 12.2 Å². The maximum absolute atomic E-state index is 12.6. The number of rotatable bonds is 2. The summed E-state index contributed by atoms with van der Waals surface area (Å²) >= 11 is 0. The Hall–Kier alpha value is -2.28. The number of piperazine rings is 1. The summed E-state index contributed by atoms with van der Waals surface area (Å²) in [5.41, 5.74) is 0.0102. The minimum Gasteiger partial charge on any atom is -0.445 e. The van der Waals surface area contributed by atoms with Crippen LogP contribution in [0.25, 0.3) is 0 Å². The Morgan fingerprint density at radius 2 is 1.85 bits per heavy atom. The summed E-state index contributed by atoms with van der Waals surface area (Å²) in [5.74, 6) is 0. The molecule has 7 nitrogen and oxygen atoms in total. The normalized spacial score (nSPS) is 19.0. The van der Waals surface area contributed by atoms with Crippen molar-refractivity contribution >= 4 is 12.2 Å². The fourth-order valence-corrected chi connectivity index (χ4v) is 3.33. The van der Waals surface area contributed by atoms with Gasteiger partial charge in [0.15, 0.2) is 0 Å². The first-order valence-corrected chi connectivity index (χ1v) is 8.96. The van der Waals surface area contributed by atoms with Crippen LogP contribution >= 0.6 is 0 Å². The van der Waals surface area contributed by atoms with E-state index in [0.29, 0.717) is 32.7 Å². The number of ether oxygens (including phenoxy) is 2. The average molecular weight is 361 g/mol. The van der Waals surface area contributed by atoms with Gasteiger partial charge in [-0.05, 0) is 26.3 Å². The molecule has 1 aromatic carbocycles. The number of carbonyl (C=O) groups is 2. The highest BCUT2D eigenvalue weighted by atomic mass is 16.6. The number of amides is 2. The zero-order valence-electron chi connectivity index (χ0n) is 15.7. The van der Waals surface area contributed by atoms with Crippen LogP contribution in [-0.2, 0) is 16.1 Å². The molecular formula is C19H27N3O4. The molecule has 0 atom stereocenters. The molecule has 0 bridgehead atoms. The van der Waals surface area contributed by atoms with E-state index in [1.54, 1.807) is 9.80 Å². The molecule has 2 aliphatic rings. The summed E-state index contributed by atoms with van der Waals surface area (Å²) in [4.78, 5) is 28.2. The Morgan fingerprint density at radius 3 is 2.50 bits per heavy atom. The van der Waals surface area contributed by atoms with Crippen molar-refractivity contribution in [1.29, 1.82) is 0 Å². The molecule has 1 aromatic rings.